The molecule has 1 N–H and O–H groups in total. The Labute approximate surface area is 176 Å². The molecule has 2 aliphatic rings. The third-order valence-corrected chi connectivity index (χ3v) is 4.86. The van der Waals surface area contributed by atoms with Gasteiger partial charge in [-0.2, -0.15) is 30.4 Å². The van der Waals surface area contributed by atoms with Crippen LogP contribution >= 0.6 is 0 Å². The SMILES string of the molecule is C=C(C)C(=O)OC1=CC2OC(=O)C(C(=O)OC(C(F)(F)F)C(F)(F)S(=O)(=O)O)=CC2C=C1. The summed E-state index contributed by atoms with van der Waals surface area (Å²) in [6.45, 7) is 4.72. The van der Waals surface area contributed by atoms with Crippen molar-refractivity contribution in [3.8, 4) is 0 Å². The highest BCUT2D eigenvalue weighted by molar-refractivity contribution is 7.86. The maximum atomic E-state index is 13.6. The van der Waals surface area contributed by atoms with Gasteiger partial charge in [-0.15, -0.1) is 0 Å². The normalized spacial score (nSPS) is 22.0. The molecule has 1 aliphatic heterocycles. The summed E-state index contributed by atoms with van der Waals surface area (Å²) in [4.78, 5) is 35.5. The highest BCUT2D eigenvalue weighted by Crippen LogP contribution is 2.39. The predicted molar refractivity (Wildman–Crippen MR) is 92.0 cm³/mol. The highest BCUT2D eigenvalue weighted by Gasteiger charge is 2.66. The molecule has 3 atom stereocenters. The number of allylic oxidation sites excluding steroid dienone is 1. The van der Waals surface area contributed by atoms with Crippen LogP contribution in [0.15, 0.2) is 47.8 Å². The van der Waals surface area contributed by atoms with Crippen molar-refractivity contribution in [3.63, 3.8) is 0 Å². The van der Waals surface area contributed by atoms with Crippen LogP contribution in [-0.4, -0.2) is 54.5 Å². The molecule has 0 radical (unpaired) electrons. The summed E-state index contributed by atoms with van der Waals surface area (Å²) in [5.74, 6) is -5.72. The number of alkyl halides is 5. The van der Waals surface area contributed by atoms with Crippen LogP contribution in [0.2, 0.25) is 0 Å². The Morgan fingerprint density at radius 3 is 2.31 bits per heavy atom. The number of hydrogen-bond donors (Lipinski definition) is 1. The van der Waals surface area contributed by atoms with E-state index in [4.69, 9.17) is 14.0 Å². The molecule has 0 saturated carbocycles. The molecule has 0 bridgehead atoms. The molecular formula is C17H13F5O9S. The molecule has 15 heteroatoms. The molecule has 176 valence electrons. The van der Waals surface area contributed by atoms with Crippen LogP contribution < -0.4 is 0 Å². The molecule has 0 saturated heterocycles. The summed E-state index contributed by atoms with van der Waals surface area (Å²) in [6, 6.07) is 0. The zero-order chi connectivity index (χ0) is 24.6. The molecule has 0 aromatic carbocycles. The van der Waals surface area contributed by atoms with Gasteiger partial charge in [-0.25, -0.2) is 14.4 Å². The van der Waals surface area contributed by atoms with E-state index in [1.54, 1.807) is 0 Å². The molecule has 2 rings (SSSR count). The Bertz CT molecular complexity index is 1050. The average Bonchev–Trinajstić information content (AvgIpc) is 2.63. The highest BCUT2D eigenvalue weighted by atomic mass is 32.2. The van der Waals surface area contributed by atoms with E-state index in [9.17, 15) is 44.8 Å². The molecule has 32 heavy (non-hydrogen) atoms. The zero-order valence-corrected chi connectivity index (χ0v) is 16.6. The Kier molecular flexibility index (Phi) is 6.66. The van der Waals surface area contributed by atoms with Crippen molar-refractivity contribution < 1.29 is 63.5 Å². The van der Waals surface area contributed by atoms with E-state index in [1.165, 1.54) is 19.1 Å². The Hall–Kier alpha value is -3.07. The second-order valence-corrected chi connectivity index (χ2v) is 7.98. The minimum atomic E-state index is -6.65. The Morgan fingerprint density at radius 1 is 1.22 bits per heavy atom. The molecule has 0 aromatic heterocycles. The van der Waals surface area contributed by atoms with E-state index >= 15 is 0 Å². The van der Waals surface area contributed by atoms with E-state index in [0.717, 1.165) is 12.2 Å². The second-order valence-electron chi connectivity index (χ2n) is 6.49. The first-order chi connectivity index (χ1) is 14.4. The first kappa shape index (κ1) is 25.2. The van der Waals surface area contributed by atoms with Crippen molar-refractivity contribution in [2.45, 2.75) is 30.6 Å². The van der Waals surface area contributed by atoms with Crippen molar-refractivity contribution in [3.05, 3.63) is 47.8 Å². The van der Waals surface area contributed by atoms with Gasteiger partial charge in [-0.3, -0.25) is 4.55 Å². The average molecular weight is 488 g/mol. The van der Waals surface area contributed by atoms with Crippen molar-refractivity contribution in [2.24, 2.45) is 5.92 Å². The quantitative estimate of drug-likeness (QED) is 0.149. The first-order valence-corrected chi connectivity index (χ1v) is 9.72. The summed E-state index contributed by atoms with van der Waals surface area (Å²) in [6.07, 6.45) is -7.62. The monoisotopic (exact) mass is 488 g/mol. The standard InChI is InChI=1S/C17H13F5O9S/c1-7(2)12(23)29-9-4-3-8-5-10(13(24)30-11(8)6-9)14(25)31-15(16(18,19)20)17(21,22)32(26,27)28/h3-6,8,11,15H,1H2,2H3,(H,26,27,28). The van der Waals surface area contributed by atoms with E-state index in [1.807, 2.05) is 0 Å². The Morgan fingerprint density at radius 2 is 1.81 bits per heavy atom. The molecule has 9 nitrogen and oxygen atoms in total. The number of carbonyl (C=O) groups excluding carboxylic acids is 3. The van der Waals surface area contributed by atoms with Crippen LogP contribution in [0.5, 0.6) is 0 Å². The lowest BCUT2D eigenvalue weighted by molar-refractivity contribution is -0.257. The van der Waals surface area contributed by atoms with Gasteiger partial charge < -0.3 is 14.2 Å². The van der Waals surface area contributed by atoms with Gasteiger partial charge in [0, 0.05) is 11.5 Å². The lowest BCUT2D eigenvalue weighted by Crippen LogP contribution is -2.52. The van der Waals surface area contributed by atoms with E-state index in [-0.39, 0.29) is 11.3 Å². The van der Waals surface area contributed by atoms with Crippen LogP contribution in [-0.2, 0) is 38.7 Å². The summed E-state index contributed by atoms with van der Waals surface area (Å²) in [5, 5.41) is -5.96. The molecule has 0 fully saturated rings. The number of rotatable bonds is 6. The molecule has 0 aromatic rings. The third-order valence-electron chi connectivity index (χ3n) is 3.96. The van der Waals surface area contributed by atoms with Crippen molar-refractivity contribution in [1.29, 1.82) is 0 Å². The number of carbonyl (C=O) groups is 3. The minimum Gasteiger partial charge on any atom is -0.453 e. The van der Waals surface area contributed by atoms with Gasteiger partial charge in [-0.1, -0.05) is 18.7 Å². The fourth-order valence-corrected chi connectivity index (χ4v) is 2.85. The van der Waals surface area contributed by atoms with Gasteiger partial charge in [0.2, 0.25) is 0 Å². The zero-order valence-electron chi connectivity index (χ0n) is 15.8. The van der Waals surface area contributed by atoms with Crippen LogP contribution in [0.4, 0.5) is 22.0 Å². The molecular weight excluding hydrogens is 475 g/mol. The lowest BCUT2D eigenvalue weighted by Gasteiger charge is -2.29. The summed E-state index contributed by atoms with van der Waals surface area (Å²) < 4.78 is 109. The summed E-state index contributed by atoms with van der Waals surface area (Å²) in [7, 11) is -6.65. The van der Waals surface area contributed by atoms with Gasteiger partial charge >= 0.3 is 39.5 Å². The lowest BCUT2D eigenvalue weighted by atomic mass is 9.92. The second kappa shape index (κ2) is 8.46. The van der Waals surface area contributed by atoms with E-state index < -0.39 is 63.2 Å². The number of hydrogen-bond acceptors (Lipinski definition) is 8. The van der Waals surface area contributed by atoms with E-state index in [0.29, 0.717) is 0 Å². The van der Waals surface area contributed by atoms with Gasteiger partial charge in [0.05, 0.1) is 0 Å². The van der Waals surface area contributed by atoms with Crippen molar-refractivity contribution in [1.82, 2.24) is 0 Å². The first-order valence-electron chi connectivity index (χ1n) is 8.28. The van der Waals surface area contributed by atoms with Crippen LogP contribution in [0.1, 0.15) is 6.92 Å². The van der Waals surface area contributed by atoms with Crippen LogP contribution in [0.3, 0.4) is 0 Å². The number of ether oxygens (including phenoxy) is 3. The van der Waals surface area contributed by atoms with Gasteiger partial charge in [0.15, 0.2) is 0 Å². The minimum absolute atomic E-state index is 0.0490. The van der Waals surface area contributed by atoms with Gasteiger partial charge in [0.25, 0.3) is 6.10 Å². The molecule has 1 heterocycles. The van der Waals surface area contributed by atoms with Crippen molar-refractivity contribution >= 4 is 28.0 Å². The van der Waals surface area contributed by atoms with Gasteiger partial charge in [0.1, 0.15) is 17.4 Å². The molecule has 0 amide bonds. The Balaban J connectivity index is 2.27. The maximum Gasteiger partial charge on any atom is 0.432 e. The molecule has 0 spiro atoms. The number of halogens is 5. The fourth-order valence-electron chi connectivity index (χ4n) is 2.40. The van der Waals surface area contributed by atoms with Crippen molar-refractivity contribution in [2.75, 3.05) is 0 Å². The topological polar surface area (TPSA) is 133 Å². The summed E-state index contributed by atoms with van der Waals surface area (Å²) >= 11 is 0. The predicted octanol–water partition coefficient (Wildman–Crippen LogP) is 1.98. The van der Waals surface area contributed by atoms with Crippen LogP contribution in [0.25, 0.3) is 0 Å². The largest absolute Gasteiger partial charge is 0.453 e. The fraction of sp³-hybridized carbons (Fsp3) is 0.353. The van der Waals surface area contributed by atoms with Gasteiger partial charge in [-0.05, 0) is 19.1 Å². The molecule has 1 aliphatic carbocycles. The van der Waals surface area contributed by atoms with Crippen LogP contribution in [0, 0.1) is 5.92 Å². The summed E-state index contributed by atoms with van der Waals surface area (Å²) in [5.41, 5.74) is -1.18. The van der Waals surface area contributed by atoms with E-state index in [2.05, 4.69) is 11.3 Å². The number of fused-ring (bicyclic) bond motifs is 1. The maximum absolute atomic E-state index is 13.6. The smallest absolute Gasteiger partial charge is 0.432 e. The number of esters is 3. The third kappa shape index (κ3) is 5.21. The molecule has 3 unspecified atom stereocenters.